The van der Waals surface area contributed by atoms with E-state index in [0.717, 1.165) is 37.2 Å². The highest BCUT2D eigenvalue weighted by Gasteiger charge is 2.23. The second-order valence-corrected chi connectivity index (χ2v) is 8.36. The van der Waals surface area contributed by atoms with E-state index in [-0.39, 0.29) is 12.0 Å². The van der Waals surface area contributed by atoms with E-state index in [9.17, 15) is 4.79 Å². The Balaban J connectivity index is 1.31. The topological polar surface area (TPSA) is 55.6 Å². The van der Waals surface area contributed by atoms with Gasteiger partial charge in [-0.3, -0.25) is 4.79 Å². The van der Waals surface area contributed by atoms with Crippen molar-refractivity contribution >= 4 is 17.2 Å². The number of carbonyl (C=O) groups excluding carboxylic acids is 1. The molecule has 1 saturated heterocycles. The highest BCUT2D eigenvalue weighted by molar-refractivity contribution is 7.09. The third-order valence-electron chi connectivity index (χ3n) is 5.12. The minimum atomic E-state index is 0.166. The number of thiophene rings is 1. The van der Waals surface area contributed by atoms with Crippen LogP contribution in [0, 0.1) is 0 Å². The summed E-state index contributed by atoms with van der Waals surface area (Å²) in [5.41, 5.74) is 1.01. The Kier molecular flexibility index (Phi) is 6.75. The van der Waals surface area contributed by atoms with Crippen LogP contribution < -0.4 is 0 Å². The summed E-state index contributed by atoms with van der Waals surface area (Å²) < 4.78 is 11.6. The Morgan fingerprint density at radius 1 is 1.21 bits per heavy atom. The molecule has 1 aromatic carbocycles. The molecule has 0 aliphatic carbocycles. The summed E-state index contributed by atoms with van der Waals surface area (Å²) in [4.78, 5) is 20.4. The van der Waals surface area contributed by atoms with Crippen molar-refractivity contribution in [3.8, 4) is 11.3 Å². The molecule has 2 aromatic heterocycles. The first kappa shape index (κ1) is 19.9. The number of carbonyl (C=O) groups is 1. The lowest BCUT2D eigenvalue weighted by Crippen LogP contribution is -2.36. The van der Waals surface area contributed by atoms with Gasteiger partial charge in [-0.25, -0.2) is 4.98 Å². The van der Waals surface area contributed by atoms with Crippen LogP contribution in [0.4, 0.5) is 0 Å². The molecular formula is C23H26N2O3S. The Morgan fingerprint density at radius 2 is 2.10 bits per heavy atom. The predicted octanol–water partition coefficient (Wildman–Crippen LogP) is 4.93. The molecule has 1 aliphatic heterocycles. The maximum atomic E-state index is 12.9. The van der Waals surface area contributed by atoms with E-state index in [0.29, 0.717) is 31.8 Å². The van der Waals surface area contributed by atoms with Crippen molar-refractivity contribution in [2.24, 2.45) is 0 Å². The zero-order chi connectivity index (χ0) is 19.9. The van der Waals surface area contributed by atoms with E-state index < -0.39 is 0 Å². The number of amides is 1. The number of nitrogens with zero attached hydrogens (tertiary/aromatic N) is 2. The number of ether oxygens (including phenoxy) is 1. The molecule has 152 valence electrons. The van der Waals surface area contributed by atoms with E-state index in [1.165, 1.54) is 4.88 Å². The summed E-state index contributed by atoms with van der Waals surface area (Å²) in [6.07, 6.45) is 5.91. The third-order valence-corrected chi connectivity index (χ3v) is 5.98. The van der Waals surface area contributed by atoms with Crippen molar-refractivity contribution in [3.05, 3.63) is 64.8 Å². The van der Waals surface area contributed by atoms with Crippen LogP contribution in [0.2, 0.25) is 0 Å². The van der Waals surface area contributed by atoms with Gasteiger partial charge in [-0.2, -0.15) is 0 Å². The summed E-state index contributed by atoms with van der Waals surface area (Å²) >= 11 is 1.69. The molecule has 0 bridgehead atoms. The second-order valence-electron chi connectivity index (χ2n) is 7.33. The molecule has 1 atom stereocenters. The number of oxazole rings is 1. The largest absolute Gasteiger partial charge is 0.441 e. The molecule has 0 radical (unpaired) electrons. The van der Waals surface area contributed by atoms with Crippen LogP contribution in [0.1, 0.15) is 36.5 Å². The Bertz CT molecular complexity index is 886. The normalized spacial score (nSPS) is 16.2. The van der Waals surface area contributed by atoms with Crippen LogP contribution in [0.25, 0.3) is 11.3 Å². The minimum Gasteiger partial charge on any atom is -0.441 e. The van der Waals surface area contributed by atoms with E-state index in [1.54, 1.807) is 17.5 Å². The van der Waals surface area contributed by atoms with Gasteiger partial charge in [0.15, 0.2) is 11.7 Å². The Labute approximate surface area is 175 Å². The van der Waals surface area contributed by atoms with E-state index in [1.807, 2.05) is 41.3 Å². The quantitative estimate of drug-likeness (QED) is 0.502. The molecule has 0 N–H and O–H groups in total. The molecule has 29 heavy (non-hydrogen) atoms. The highest BCUT2D eigenvalue weighted by atomic mass is 32.1. The van der Waals surface area contributed by atoms with Gasteiger partial charge in [0.05, 0.1) is 18.8 Å². The molecule has 1 unspecified atom stereocenters. The van der Waals surface area contributed by atoms with Crippen molar-refractivity contribution in [1.29, 1.82) is 0 Å². The van der Waals surface area contributed by atoms with E-state index in [4.69, 9.17) is 9.15 Å². The van der Waals surface area contributed by atoms with Crippen molar-refractivity contribution in [3.63, 3.8) is 0 Å². The SMILES string of the molecule is O=C(CCCc1ncc(-c2ccccc2)o1)N(Cc1cccs1)CC1CCCO1. The molecule has 1 aliphatic rings. The van der Waals surface area contributed by atoms with Crippen LogP contribution in [0.5, 0.6) is 0 Å². The third kappa shape index (κ3) is 5.55. The zero-order valence-corrected chi connectivity index (χ0v) is 17.3. The molecule has 0 saturated carbocycles. The smallest absolute Gasteiger partial charge is 0.222 e. The lowest BCUT2D eigenvalue weighted by Gasteiger charge is -2.25. The monoisotopic (exact) mass is 410 g/mol. The molecule has 1 fully saturated rings. The minimum absolute atomic E-state index is 0.166. The van der Waals surface area contributed by atoms with Gasteiger partial charge in [0.1, 0.15) is 0 Å². The first-order valence-corrected chi connectivity index (χ1v) is 11.1. The van der Waals surface area contributed by atoms with Gasteiger partial charge in [0.2, 0.25) is 5.91 Å². The average Bonchev–Trinajstić information content (AvgIpc) is 3.51. The first-order valence-electron chi connectivity index (χ1n) is 10.2. The molecule has 4 rings (SSSR count). The van der Waals surface area contributed by atoms with Crippen LogP contribution >= 0.6 is 11.3 Å². The van der Waals surface area contributed by atoms with Gasteiger partial charge < -0.3 is 14.1 Å². The molecule has 6 heteroatoms. The fourth-order valence-electron chi connectivity index (χ4n) is 3.59. The lowest BCUT2D eigenvalue weighted by atomic mass is 10.2. The Hall–Kier alpha value is -2.44. The predicted molar refractivity (Wildman–Crippen MR) is 114 cm³/mol. The molecule has 5 nitrogen and oxygen atoms in total. The molecule has 3 heterocycles. The number of aryl methyl sites for hydroxylation is 1. The molecule has 3 aromatic rings. The number of benzene rings is 1. The fourth-order valence-corrected chi connectivity index (χ4v) is 4.31. The Morgan fingerprint density at radius 3 is 2.86 bits per heavy atom. The van der Waals surface area contributed by atoms with Crippen molar-refractivity contribution in [2.45, 2.75) is 44.8 Å². The molecule has 0 spiro atoms. The van der Waals surface area contributed by atoms with Crippen LogP contribution in [0.3, 0.4) is 0 Å². The van der Waals surface area contributed by atoms with Crippen LogP contribution in [-0.2, 0) is 22.5 Å². The van der Waals surface area contributed by atoms with Gasteiger partial charge >= 0.3 is 0 Å². The summed E-state index contributed by atoms with van der Waals surface area (Å²) in [5.74, 6) is 1.62. The van der Waals surface area contributed by atoms with E-state index in [2.05, 4.69) is 16.4 Å². The number of aromatic nitrogens is 1. The summed E-state index contributed by atoms with van der Waals surface area (Å²) in [6.45, 7) is 2.14. The van der Waals surface area contributed by atoms with Crippen LogP contribution in [-0.4, -0.2) is 35.0 Å². The van der Waals surface area contributed by atoms with Gasteiger partial charge in [0, 0.05) is 36.4 Å². The van der Waals surface area contributed by atoms with E-state index >= 15 is 0 Å². The highest BCUT2D eigenvalue weighted by Crippen LogP contribution is 2.21. The number of rotatable bonds is 9. The summed E-state index contributed by atoms with van der Waals surface area (Å²) in [6, 6.07) is 14.0. The lowest BCUT2D eigenvalue weighted by molar-refractivity contribution is -0.133. The van der Waals surface area contributed by atoms with Gasteiger partial charge in [-0.05, 0) is 30.7 Å². The first-order chi connectivity index (χ1) is 14.3. The fraction of sp³-hybridized carbons (Fsp3) is 0.391. The number of hydrogen-bond donors (Lipinski definition) is 0. The molecule has 1 amide bonds. The average molecular weight is 411 g/mol. The summed E-state index contributed by atoms with van der Waals surface area (Å²) in [7, 11) is 0. The zero-order valence-electron chi connectivity index (χ0n) is 16.5. The summed E-state index contributed by atoms with van der Waals surface area (Å²) in [5, 5.41) is 2.05. The molecular weight excluding hydrogens is 384 g/mol. The maximum absolute atomic E-state index is 12.9. The van der Waals surface area contributed by atoms with Gasteiger partial charge in [0.25, 0.3) is 0 Å². The van der Waals surface area contributed by atoms with Gasteiger partial charge in [-0.1, -0.05) is 36.4 Å². The van der Waals surface area contributed by atoms with Gasteiger partial charge in [-0.15, -0.1) is 11.3 Å². The van der Waals surface area contributed by atoms with Crippen LogP contribution in [0.15, 0.2) is 58.5 Å². The second kappa shape index (κ2) is 9.85. The van der Waals surface area contributed by atoms with Crippen molar-refractivity contribution in [1.82, 2.24) is 9.88 Å². The van der Waals surface area contributed by atoms with Crippen molar-refractivity contribution in [2.75, 3.05) is 13.2 Å². The standard InChI is InChI=1S/C23H26N2O3S/c26-23(25(16-19-9-5-13-27-19)17-20-10-6-14-29-20)12-4-11-22-24-15-21(28-22)18-7-2-1-3-8-18/h1-3,6-8,10,14-15,19H,4-5,9,11-13,16-17H2. The van der Waals surface area contributed by atoms with Crippen molar-refractivity contribution < 1.29 is 13.9 Å². The maximum Gasteiger partial charge on any atom is 0.222 e. The number of hydrogen-bond acceptors (Lipinski definition) is 5.